The molecule has 0 radical (unpaired) electrons. The van der Waals surface area contributed by atoms with Crippen molar-refractivity contribution in [3.05, 3.63) is 44.6 Å². The Morgan fingerprint density at radius 3 is 3.03 bits per heavy atom. The molecule has 3 aromatic heterocycles. The molecule has 4 heterocycles. The first-order valence-electron chi connectivity index (χ1n) is 12.4. The molecule has 0 bridgehead atoms. The number of carbonyl (C=O) groups excluding carboxylic acids is 1. The first-order chi connectivity index (χ1) is 18.0. The Morgan fingerprint density at radius 2 is 2.16 bits per heavy atom. The van der Waals surface area contributed by atoms with E-state index in [1.54, 1.807) is 29.6 Å². The molecule has 0 saturated carbocycles. The van der Waals surface area contributed by atoms with Gasteiger partial charge in [-0.05, 0) is 36.6 Å². The molecule has 1 saturated heterocycles. The van der Waals surface area contributed by atoms with E-state index in [1.807, 2.05) is 18.2 Å². The monoisotopic (exact) mass is 540 g/mol. The number of aryl methyl sites for hydroxylation is 1. The minimum atomic E-state index is -0.271. The van der Waals surface area contributed by atoms with Crippen molar-refractivity contribution in [2.75, 3.05) is 51.8 Å². The number of ether oxygens (including phenoxy) is 2. The molecular weight excluding hydrogens is 512 g/mol. The van der Waals surface area contributed by atoms with E-state index in [2.05, 4.69) is 25.2 Å². The lowest BCUT2D eigenvalue weighted by atomic mass is 9.94. The second-order valence-corrected chi connectivity index (χ2v) is 11.5. The van der Waals surface area contributed by atoms with Crippen LogP contribution in [0.4, 0.5) is 16.3 Å². The number of nitrogens with zero attached hydrogens (tertiary/aromatic N) is 4. The van der Waals surface area contributed by atoms with Gasteiger partial charge in [0.1, 0.15) is 23.1 Å². The van der Waals surface area contributed by atoms with Gasteiger partial charge < -0.3 is 24.7 Å². The predicted molar refractivity (Wildman–Crippen MR) is 145 cm³/mol. The second kappa shape index (κ2) is 10.4. The molecule has 1 atom stereocenters. The first-order valence-corrected chi connectivity index (χ1v) is 14.0. The summed E-state index contributed by atoms with van der Waals surface area (Å²) >= 11 is 2.83. The van der Waals surface area contributed by atoms with Gasteiger partial charge in [-0.3, -0.25) is 9.69 Å². The Bertz CT molecular complexity index is 1490. The standard InChI is InChI=1S/C25H28N6O4S2/c1-30(6-7-31-8-10-34-11-9-31)25(33)35-16-3-4-17-19(13-16)36-23-21(17)22(26-14-27-23)28-15-2-5-18-20(12-15)37-24(32)29-18/h2,5,12,14,16H,3-4,6-11,13H2,1H3,(H,29,32)(H,26,27,28). The summed E-state index contributed by atoms with van der Waals surface area (Å²) in [5, 5.41) is 4.45. The van der Waals surface area contributed by atoms with E-state index in [9.17, 15) is 9.59 Å². The molecule has 1 amide bonds. The number of thiazole rings is 1. The van der Waals surface area contributed by atoms with E-state index < -0.39 is 0 Å². The zero-order valence-corrected chi connectivity index (χ0v) is 22.1. The molecule has 1 fully saturated rings. The van der Waals surface area contributed by atoms with Crippen LogP contribution in [0.5, 0.6) is 0 Å². The van der Waals surface area contributed by atoms with Gasteiger partial charge in [0.25, 0.3) is 0 Å². The van der Waals surface area contributed by atoms with E-state index in [1.165, 1.54) is 21.8 Å². The van der Waals surface area contributed by atoms with E-state index in [0.717, 1.165) is 77.6 Å². The number of nitrogens with one attached hydrogen (secondary N) is 2. The fourth-order valence-electron chi connectivity index (χ4n) is 4.88. The number of rotatable bonds is 6. The third-order valence-electron chi connectivity index (χ3n) is 6.92. The van der Waals surface area contributed by atoms with Crippen molar-refractivity contribution in [1.82, 2.24) is 24.8 Å². The van der Waals surface area contributed by atoms with E-state index in [-0.39, 0.29) is 17.1 Å². The van der Waals surface area contributed by atoms with Gasteiger partial charge in [-0.2, -0.15) is 0 Å². The van der Waals surface area contributed by atoms with Crippen LogP contribution in [0.15, 0.2) is 29.3 Å². The summed E-state index contributed by atoms with van der Waals surface area (Å²) in [6, 6.07) is 5.78. The Balaban J connectivity index is 1.13. The van der Waals surface area contributed by atoms with E-state index in [4.69, 9.17) is 9.47 Å². The summed E-state index contributed by atoms with van der Waals surface area (Å²) in [5.41, 5.74) is 2.92. The van der Waals surface area contributed by atoms with Crippen LogP contribution < -0.4 is 10.2 Å². The van der Waals surface area contributed by atoms with Crippen LogP contribution in [-0.2, 0) is 22.3 Å². The molecule has 6 rings (SSSR count). The maximum atomic E-state index is 12.7. The van der Waals surface area contributed by atoms with Crippen LogP contribution in [0.3, 0.4) is 0 Å². The topological polar surface area (TPSA) is 113 Å². The Labute approximate surface area is 221 Å². The van der Waals surface area contributed by atoms with Crippen LogP contribution in [-0.4, -0.2) is 83.4 Å². The van der Waals surface area contributed by atoms with E-state index in [0.29, 0.717) is 13.0 Å². The number of H-pyrrole nitrogens is 1. The SMILES string of the molecule is CN(CCN1CCOCC1)C(=O)OC1CCc2c(sc3ncnc(Nc4ccc5[nH]c(=O)sc5c4)c23)C1. The van der Waals surface area contributed by atoms with Gasteiger partial charge >= 0.3 is 11.0 Å². The highest BCUT2D eigenvalue weighted by molar-refractivity contribution is 7.19. The van der Waals surface area contributed by atoms with Gasteiger partial charge in [-0.15, -0.1) is 11.3 Å². The van der Waals surface area contributed by atoms with Crippen molar-refractivity contribution >= 4 is 60.7 Å². The van der Waals surface area contributed by atoms with Gasteiger partial charge in [0, 0.05) is 50.2 Å². The highest BCUT2D eigenvalue weighted by Crippen LogP contribution is 2.39. The molecule has 1 aliphatic heterocycles. The van der Waals surface area contributed by atoms with Crippen molar-refractivity contribution in [3.63, 3.8) is 0 Å². The number of likely N-dealkylation sites (N-methyl/N-ethyl adjacent to an activating group) is 1. The fourth-order valence-corrected chi connectivity index (χ4v) is 6.90. The van der Waals surface area contributed by atoms with Crippen molar-refractivity contribution in [2.45, 2.75) is 25.4 Å². The number of benzene rings is 1. The van der Waals surface area contributed by atoms with Crippen molar-refractivity contribution < 1.29 is 14.3 Å². The van der Waals surface area contributed by atoms with E-state index >= 15 is 0 Å². The lowest BCUT2D eigenvalue weighted by Gasteiger charge is -2.29. The predicted octanol–water partition coefficient (Wildman–Crippen LogP) is 3.60. The summed E-state index contributed by atoms with van der Waals surface area (Å²) in [4.78, 5) is 42.3. The Hall–Kier alpha value is -3.06. The van der Waals surface area contributed by atoms with Gasteiger partial charge in [-0.1, -0.05) is 11.3 Å². The number of fused-ring (bicyclic) bond motifs is 4. The molecule has 0 spiro atoms. The molecule has 2 aliphatic rings. The van der Waals surface area contributed by atoms with Crippen molar-refractivity contribution in [2.24, 2.45) is 0 Å². The summed E-state index contributed by atoms with van der Waals surface area (Å²) in [6.07, 6.45) is 3.39. The second-order valence-electron chi connectivity index (χ2n) is 9.38. The average Bonchev–Trinajstić information content (AvgIpc) is 3.46. The minimum Gasteiger partial charge on any atom is -0.446 e. The summed E-state index contributed by atoms with van der Waals surface area (Å²) in [7, 11) is 1.80. The minimum absolute atomic E-state index is 0.0676. The molecule has 4 aromatic rings. The number of thiophene rings is 1. The smallest absolute Gasteiger partial charge is 0.409 e. The van der Waals surface area contributed by atoms with Crippen LogP contribution in [0, 0.1) is 0 Å². The van der Waals surface area contributed by atoms with Crippen LogP contribution in [0.1, 0.15) is 16.9 Å². The molecule has 2 N–H and O–H groups in total. The number of carbonyl (C=O) groups is 1. The number of hydrogen-bond donors (Lipinski definition) is 2. The maximum Gasteiger partial charge on any atom is 0.409 e. The maximum absolute atomic E-state index is 12.7. The highest BCUT2D eigenvalue weighted by atomic mass is 32.1. The first kappa shape index (κ1) is 24.3. The molecule has 1 aromatic carbocycles. The molecule has 37 heavy (non-hydrogen) atoms. The zero-order valence-electron chi connectivity index (χ0n) is 20.5. The third kappa shape index (κ3) is 5.19. The number of anilines is 2. The zero-order chi connectivity index (χ0) is 25.4. The van der Waals surface area contributed by atoms with Gasteiger partial charge in [-0.25, -0.2) is 14.8 Å². The lowest BCUT2D eigenvalue weighted by Crippen LogP contribution is -2.42. The molecule has 10 nitrogen and oxygen atoms in total. The third-order valence-corrected chi connectivity index (χ3v) is 8.93. The van der Waals surface area contributed by atoms with Crippen LogP contribution in [0.25, 0.3) is 20.4 Å². The lowest BCUT2D eigenvalue weighted by molar-refractivity contribution is 0.0300. The Morgan fingerprint density at radius 1 is 1.30 bits per heavy atom. The highest BCUT2D eigenvalue weighted by Gasteiger charge is 2.28. The van der Waals surface area contributed by atoms with Crippen molar-refractivity contribution in [3.8, 4) is 0 Å². The summed E-state index contributed by atoms with van der Waals surface area (Å²) in [6.45, 7) is 4.77. The summed E-state index contributed by atoms with van der Waals surface area (Å²) < 4.78 is 12.2. The van der Waals surface area contributed by atoms with Crippen LogP contribution >= 0.6 is 22.7 Å². The molecule has 1 unspecified atom stereocenters. The largest absolute Gasteiger partial charge is 0.446 e. The molecule has 12 heteroatoms. The molecular formula is C25H28N6O4S2. The van der Waals surface area contributed by atoms with Crippen LogP contribution in [0.2, 0.25) is 0 Å². The number of hydrogen-bond acceptors (Lipinski definition) is 10. The summed E-state index contributed by atoms with van der Waals surface area (Å²) in [5.74, 6) is 0.753. The fraction of sp³-hybridized carbons (Fsp3) is 0.440. The normalized spacial score (nSPS) is 18.1. The van der Waals surface area contributed by atoms with Gasteiger partial charge in [0.2, 0.25) is 0 Å². The Kier molecular flexibility index (Phi) is 6.80. The number of aromatic nitrogens is 3. The van der Waals surface area contributed by atoms with Gasteiger partial charge in [0.05, 0.1) is 28.8 Å². The number of morpholine rings is 1. The number of aromatic amines is 1. The van der Waals surface area contributed by atoms with Crippen molar-refractivity contribution in [1.29, 1.82) is 0 Å². The quantitative estimate of drug-likeness (QED) is 0.382. The molecule has 194 valence electrons. The molecule has 1 aliphatic carbocycles. The number of amides is 1. The average molecular weight is 541 g/mol. The van der Waals surface area contributed by atoms with Gasteiger partial charge in [0.15, 0.2) is 0 Å².